The molecule has 2 aromatic heterocycles. The van der Waals surface area contributed by atoms with Crippen LogP contribution < -0.4 is 4.90 Å². The van der Waals surface area contributed by atoms with E-state index in [4.69, 9.17) is 0 Å². The Morgan fingerprint density at radius 1 is 1.19 bits per heavy atom. The highest BCUT2D eigenvalue weighted by molar-refractivity contribution is 7.86. The molecule has 0 radical (unpaired) electrons. The van der Waals surface area contributed by atoms with E-state index in [0.717, 1.165) is 6.07 Å². The Morgan fingerprint density at radius 2 is 1.85 bits per heavy atom. The van der Waals surface area contributed by atoms with Crippen LogP contribution in [0.15, 0.2) is 30.6 Å². The number of anilines is 1. The number of alkyl halides is 3. The van der Waals surface area contributed by atoms with E-state index in [2.05, 4.69) is 15.0 Å². The average Bonchev–Trinajstić information content (AvgIpc) is 2.68. The van der Waals surface area contributed by atoms with E-state index in [1.165, 1.54) is 12.4 Å². The third-order valence-corrected chi connectivity index (χ3v) is 7.29. The van der Waals surface area contributed by atoms with Crippen molar-refractivity contribution in [2.75, 3.05) is 23.7 Å². The van der Waals surface area contributed by atoms with Crippen molar-refractivity contribution < 1.29 is 17.4 Å². The molecule has 3 rings (SSSR count). The zero-order valence-corrected chi connectivity index (χ0v) is 16.0. The third-order valence-electron chi connectivity index (χ3n) is 5.06. The van der Waals surface area contributed by atoms with Gasteiger partial charge in [0.2, 0.25) is 0 Å². The summed E-state index contributed by atoms with van der Waals surface area (Å²) in [4.78, 5) is 13.8. The highest BCUT2D eigenvalue weighted by Gasteiger charge is 2.40. The zero-order chi connectivity index (χ0) is 19.7. The van der Waals surface area contributed by atoms with E-state index >= 15 is 0 Å². The molecule has 9 heteroatoms. The van der Waals surface area contributed by atoms with Crippen LogP contribution in [0, 0.1) is 0 Å². The van der Waals surface area contributed by atoms with Crippen LogP contribution in [0.3, 0.4) is 0 Å². The Hall–Kier alpha value is -2.03. The quantitative estimate of drug-likeness (QED) is 0.786. The molecule has 0 bridgehead atoms. The molecule has 5 nitrogen and oxygen atoms in total. The Labute approximate surface area is 158 Å². The smallest absolute Gasteiger partial charge is 0.354 e. The molecule has 1 fully saturated rings. The normalized spacial score (nSPS) is 19.9. The number of hydrogen-bond donors (Lipinski definition) is 0. The molecule has 0 saturated carbocycles. The van der Waals surface area contributed by atoms with E-state index in [1.54, 1.807) is 17.0 Å². The summed E-state index contributed by atoms with van der Waals surface area (Å²) in [6, 6.07) is 4.13. The molecule has 3 heterocycles. The summed E-state index contributed by atoms with van der Waals surface area (Å²) in [6.45, 7) is 4.75. The van der Waals surface area contributed by atoms with Gasteiger partial charge in [0.1, 0.15) is 5.82 Å². The fraction of sp³-hybridized carbons (Fsp3) is 0.500. The van der Waals surface area contributed by atoms with Gasteiger partial charge in [-0.2, -0.15) is 13.2 Å². The van der Waals surface area contributed by atoms with Crippen molar-refractivity contribution in [1.82, 2.24) is 15.0 Å². The molecule has 1 unspecified atom stereocenters. The molecule has 0 spiro atoms. The number of hydrogen-bond acceptors (Lipinski definition) is 5. The highest BCUT2D eigenvalue weighted by atomic mass is 32.2. The van der Waals surface area contributed by atoms with E-state index in [0.29, 0.717) is 37.2 Å². The first kappa shape index (κ1) is 19.7. The standard InChI is InChI=1S/C18H21F3N4OS/c1-3-17(4-2)12-25(9-10-27(17)26)15-11-14(18(19,20)21)23-16(24-15)13-5-7-22-8-6-13/h5-8,11H,3-4,9-10,12H2,1-2H3. The van der Waals surface area contributed by atoms with Crippen LogP contribution in [0.5, 0.6) is 0 Å². The third kappa shape index (κ3) is 3.97. The molecule has 27 heavy (non-hydrogen) atoms. The van der Waals surface area contributed by atoms with E-state index in [1.807, 2.05) is 13.8 Å². The molecule has 146 valence electrons. The molecular formula is C18H21F3N4OS. The van der Waals surface area contributed by atoms with Crippen molar-refractivity contribution in [3.05, 3.63) is 36.3 Å². The Bertz CT molecular complexity index is 825. The fourth-order valence-corrected chi connectivity index (χ4v) is 5.03. The second-order valence-electron chi connectivity index (χ2n) is 6.53. The summed E-state index contributed by atoms with van der Waals surface area (Å²) in [5.41, 5.74) is -0.514. The van der Waals surface area contributed by atoms with Gasteiger partial charge < -0.3 is 4.90 Å². The molecule has 0 aromatic carbocycles. The van der Waals surface area contributed by atoms with Crippen molar-refractivity contribution in [1.29, 1.82) is 0 Å². The van der Waals surface area contributed by atoms with Gasteiger partial charge in [-0.3, -0.25) is 9.19 Å². The minimum Gasteiger partial charge on any atom is -0.354 e. The molecule has 0 aliphatic carbocycles. The molecule has 1 aliphatic rings. The summed E-state index contributed by atoms with van der Waals surface area (Å²) in [6.07, 6.45) is -0.212. The van der Waals surface area contributed by atoms with E-state index in [-0.39, 0.29) is 11.6 Å². The van der Waals surface area contributed by atoms with Crippen LogP contribution in [0.1, 0.15) is 32.4 Å². The predicted molar refractivity (Wildman–Crippen MR) is 98.8 cm³/mol. The van der Waals surface area contributed by atoms with Crippen LogP contribution in [0.4, 0.5) is 19.0 Å². The Kier molecular flexibility index (Phi) is 5.50. The van der Waals surface area contributed by atoms with Crippen LogP contribution in [-0.2, 0) is 17.0 Å². The number of aromatic nitrogens is 3. The molecule has 0 N–H and O–H groups in total. The number of halogens is 3. The topological polar surface area (TPSA) is 59.0 Å². The molecular weight excluding hydrogens is 377 g/mol. The summed E-state index contributed by atoms with van der Waals surface area (Å²) < 4.78 is 52.3. The van der Waals surface area contributed by atoms with Gasteiger partial charge in [0, 0.05) is 53.7 Å². The summed E-state index contributed by atoms with van der Waals surface area (Å²) >= 11 is 0. The van der Waals surface area contributed by atoms with Crippen LogP contribution >= 0.6 is 0 Å². The fourth-order valence-electron chi connectivity index (χ4n) is 3.27. The van der Waals surface area contributed by atoms with E-state index in [9.17, 15) is 17.4 Å². The molecule has 1 aliphatic heterocycles. The van der Waals surface area contributed by atoms with Crippen LogP contribution in [-0.4, -0.2) is 42.8 Å². The second-order valence-corrected chi connectivity index (χ2v) is 8.50. The highest BCUT2D eigenvalue weighted by Crippen LogP contribution is 2.34. The Balaban J connectivity index is 2.06. The summed E-state index contributed by atoms with van der Waals surface area (Å²) in [5, 5.41) is 0. The SMILES string of the molecule is CCC1(CC)CN(c2cc(C(F)(F)F)nc(-c3ccncc3)n2)CCS1=O. The molecule has 0 amide bonds. The maximum absolute atomic E-state index is 13.4. The molecule has 2 aromatic rings. The van der Waals surface area contributed by atoms with Gasteiger partial charge in [-0.1, -0.05) is 13.8 Å². The summed E-state index contributed by atoms with van der Waals surface area (Å²) in [7, 11) is -1.01. The number of rotatable bonds is 4. The minimum absolute atomic E-state index is 0.00696. The minimum atomic E-state index is -4.58. The second kappa shape index (κ2) is 7.53. The van der Waals surface area contributed by atoms with Crippen molar-refractivity contribution in [2.24, 2.45) is 0 Å². The monoisotopic (exact) mass is 398 g/mol. The van der Waals surface area contributed by atoms with E-state index < -0.39 is 27.4 Å². The van der Waals surface area contributed by atoms with Gasteiger partial charge >= 0.3 is 6.18 Å². The van der Waals surface area contributed by atoms with Gasteiger partial charge in [0.05, 0.1) is 4.75 Å². The maximum Gasteiger partial charge on any atom is 0.433 e. The number of pyridine rings is 1. The lowest BCUT2D eigenvalue weighted by Crippen LogP contribution is -2.53. The van der Waals surface area contributed by atoms with Crippen molar-refractivity contribution in [3.63, 3.8) is 0 Å². The van der Waals surface area contributed by atoms with Gasteiger partial charge in [0.15, 0.2) is 11.5 Å². The van der Waals surface area contributed by atoms with Crippen LogP contribution in [0.2, 0.25) is 0 Å². The first-order chi connectivity index (χ1) is 12.8. The lowest BCUT2D eigenvalue weighted by atomic mass is 10.0. The Morgan fingerprint density at radius 3 is 2.44 bits per heavy atom. The first-order valence-electron chi connectivity index (χ1n) is 8.79. The molecule has 1 atom stereocenters. The maximum atomic E-state index is 13.4. The lowest BCUT2D eigenvalue weighted by Gasteiger charge is -2.41. The average molecular weight is 398 g/mol. The zero-order valence-electron chi connectivity index (χ0n) is 15.2. The number of nitrogens with zero attached hydrogens (tertiary/aromatic N) is 4. The van der Waals surface area contributed by atoms with Gasteiger partial charge in [0.25, 0.3) is 0 Å². The van der Waals surface area contributed by atoms with Gasteiger partial charge in [-0.25, -0.2) is 9.97 Å². The van der Waals surface area contributed by atoms with Crippen molar-refractivity contribution in [3.8, 4) is 11.4 Å². The largest absolute Gasteiger partial charge is 0.433 e. The lowest BCUT2D eigenvalue weighted by molar-refractivity contribution is -0.141. The van der Waals surface area contributed by atoms with Crippen molar-refractivity contribution >= 4 is 16.6 Å². The van der Waals surface area contributed by atoms with Crippen LogP contribution in [0.25, 0.3) is 11.4 Å². The first-order valence-corrected chi connectivity index (χ1v) is 10.1. The predicted octanol–water partition coefficient (Wildman–Crippen LogP) is 3.68. The molecule has 1 saturated heterocycles. The van der Waals surface area contributed by atoms with Gasteiger partial charge in [-0.15, -0.1) is 0 Å². The van der Waals surface area contributed by atoms with Gasteiger partial charge in [-0.05, 0) is 25.0 Å². The van der Waals surface area contributed by atoms with Crippen molar-refractivity contribution in [2.45, 2.75) is 37.6 Å². The summed E-state index contributed by atoms with van der Waals surface area (Å²) in [5.74, 6) is 0.636.